The number of carbonyl (C=O) groups is 1. The van der Waals surface area contributed by atoms with Crippen molar-refractivity contribution >= 4 is 35.8 Å². The van der Waals surface area contributed by atoms with Gasteiger partial charge in [0.1, 0.15) is 0 Å². The minimum absolute atomic E-state index is 0.326. The third kappa shape index (κ3) is 8.12. The maximum atomic E-state index is 13.6. The molecular formula is C24H49NO2SSn. The molecule has 1 aliphatic rings. The van der Waals surface area contributed by atoms with Gasteiger partial charge in [-0.1, -0.05) is 0 Å². The topological polar surface area (TPSA) is 37.4 Å². The van der Waals surface area contributed by atoms with Gasteiger partial charge >= 0.3 is 189 Å². The second kappa shape index (κ2) is 13.7. The van der Waals surface area contributed by atoms with Gasteiger partial charge in [-0.2, -0.15) is 0 Å². The van der Waals surface area contributed by atoms with Crippen LogP contribution in [0, 0.1) is 5.92 Å². The molecule has 172 valence electrons. The van der Waals surface area contributed by atoms with Crippen molar-refractivity contribution in [3.63, 3.8) is 0 Å². The Kier molecular flexibility index (Phi) is 13.0. The van der Waals surface area contributed by atoms with Crippen LogP contribution in [0.5, 0.6) is 0 Å². The molecule has 5 heteroatoms. The van der Waals surface area contributed by atoms with E-state index >= 15 is 0 Å². The van der Waals surface area contributed by atoms with Crippen LogP contribution in [0.1, 0.15) is 112 Å². The first-order valence-electron chi connectivity index (χ1n) is 12.4. The molecule has 1 aliphatic carbocycles. The van der Waals surface area contributed by atoms with Crippen molar-refractivity contribution < 1.29 is 9.00 Å². The first-order valence-corrected chi connectivity index (χ1v) is 21.2. The summed E-state index contributed by atoms with van der Waals surface area (Å²) in [5.41, 5.74) is 0. The molecule has 0 saturated heterocycles. The molecule has 1 unspecified atom stereocenters. The molecule has 1 rings (SSSR count). The van der Waals surface area contributed by atoms with Crippen LogP contribution in [0.3, 0.4) is 0 Å². The van der Waals surface area contributed by atoms with Gasteiger partial charge in [-0.3, -0.25) is 0 Å². The summed E-state index contributed by atoms with van der Waals surface area (Å²) in [5, 5.41) is 0. The van der Waals surface area contributed by atoms with Crippen molar-refractivity contribution in [2.45, 2.75) is 134 Å². The fraction of sp³-hybridized carbons (Fsp3) is 0.958. The van der Waals surface area contributed by atoms with Gasteiger partial charge in [-0.15, -0.1) is 0 Å². The first-order chi connectivity index (χ1) is 13.8. The van der Waals surface area contributed by atoms with Crippen LogP contribution >= 0.6 is 0 Å². The third-order valence-electron chi connectivity index (χ3n) is 6.90. The minimum atomic E-state index is -2.77. The first kappa shape index (κ1) is 27.5. The van der Waals surface area contributed by atoms with E-state index in [0.29, 0.717) is 9.98 Å². The molecule has 0 bridgehead atoms. The zero-order valence-electron chi connectivity index (χ0n) is 20.3. The second-order valence-corrected chi connectivity index (χ2v) is 26.2. The molecule has 1 fully saturated rings. The van der Waals surface area contributed by atoms with Crippen molar-refractivity contribution in [3.05, 3.63) is 0 Å². The fourth-order valence-electron chi connectivity index (χ4n) is 5.36. The molecule has 1 amide bonds. The monoisotopic (exact) mass is 535 g/mol. The molecule has 2 atom stereocenters. The van der Waals surface area contributed by atoms with Crippen molar-refractivity contribution in [2.75, 3.05) is 0 Å². The molecule has 0 radical (unpaired) electrons. The SMILES string of the molecule is CCC[CH2][Sn]([CH2]CCC)([CH2]CCC)[C@H](C1CCCCC1)N(C=O)S(=O)C(C)(C)C. The molecule has 0 spiro atoms. The van der Waals surface area contributed by atoms with E-state index in [2.05, 4.69) is 20.8 Å². The Balaban J connectivity index is 3.48. The van der Waals surface area contributed by atoms with E-state index in [0.717, 1.165) is 6.41 Å². The average Bonchev–Trinajstić information content (AvgIpc) is 2.71. The number of unbranched alkanes of at least 4 members (excludes halogenated alkanes) is 3. The van der Waals surface area contributed by atoms with Gasteiger partial charge in [0.2, 0.25) is 0 Å². The normalized spacial score (nSPS) is 18.4. The quantitative estimate of drug-likeness (QED) is 0.174. The summed E-state index contributed by atoms with van der Waals surface area (Å²) < 4.78 is 19.5. The van der Waals surface area contributed by atoms with Crippen molar-refractivity contribution in [2.24, 2.45) is 5.92 Å². The summed E-state index contributed by atoms with van der Waals surface area (Å²) in [7, 11) is -1.25. The molecule has 3 nitrogen and oxygen atoms in total. The number of hydrogen-bond donors (Lipinski definition) is 0. The van der Waals surface area contributed by atoms with Gasteiger partial charge in [0.25, 0.3) is 0 Å². The molecule has 0 aromatic carbocycles. The Hall–Kier alpha value is 0.419. The fourth-order valence-corrected chi connectivity index (χ4v) is 28.0. The Morgan fingerprint density at radius 1 is 0.931 bits per heavy atom. The van der Waals surface area contributed by atoms with Crippen LogP contribution in [0.4, 0.5) is 0 Å². The summed E-state index contributed by atoms with van der Waals surface area (Å²) in [5.74, 6) is 0.585. The Labute approximate surface area is 188 Å². The maximum absolute atomic E-state index is 13.6. The number of rotatable bonds is 14. The second-order valence-electron chi connectivity index (χ2n) is 10.3. The van der Waals surface area contributed by atoms with Gasteiger partial charge in [-0.25, -0.2) is 0 Å². The van der Waals surface area contributed by atoms with E-state index in [-0.39, 0.29) is 4.75 Å². The standard InChI is InChI=1S/C12H22NO2S.3C4H9.Sn/c1-12(2,3)16(15)13(10-14)9-11-7-5-4-6-8-11;3*1-3-4-2;/h9-11H,4-8H2,1-3H3;3*1,3-4H2,2H3;. The summed E-state index contributed by atoms with van der Waals surface area (Å²) in [6.07, 6.45) is 14.9. The number of carbonyl (C=O) groups excluding carboxylic acids is 1. The van der Waals surface area contributed by atoms with Gasteiger partial charge < -0.3 is 0 Å². The van der Waals surface area contributed by atoms with Crippen LogP contribution in [0.15, 0.2) is 0 Å². The van der Waals surface area contributed by atoms with E-state index in [1.807, 2.05) is 25.1 Å². The molecular weight excluding hydrogens is 485 g/mol. The van der Waals surface area contributed by atoms with Crippen LogP contribution in [0.25, 0.3) is 0 Å². The molecule has 0 N–H and O–H groups in total. The molecule has 29 heavy (non-hydrogen) atoms. The van der Waals surface area contributed by atoms with E-state index in [4.69, 9.17) is 0 Å². The summed E-state index contributed by atoms with van der Waals surface area (Å²) >= 11 is -2.77. The van der Waals surface area contributed by atoms with E-state index in [1.54, 1.807) is 0 Å². The van der Waals surface area contributed by atoms with Crippen LogP contribution in [-0.2, 0) is 15.8 Å². The summed E-state index contributed by atoms with van der Waals surface area (Å²) in [4.78, 5) is 12.5. The van der Waals surface area contributed by atoms with Gasteiger partial charge in [-0.05, 0) is 0 Å². The zero-order valence-corrected chi connectivity index (χ0v) is 24.0. The van der Waals surface area contributed by atoms with Gasteiger partial charge in [0.05, 0.1) is 0 Å². The van der Waals surface area contributed by atoms with E-state index < -0.39 is 29.4 Å². The van der Waals surface area contributed by atoms with Crippen molar-refractivity contribution in [1.29, 1.82) is 0 Å². The van der Waals surface area contributed by atoms with E-state index in [9.17, 15) is 9.00 Å². The van der Waals surface area contributed by atoms with Crippen molar-refractivity contribution in [3.8, 4) is 0 Å². The third-order valence-corrected chi connectivity index (χ3v) is 26.5. The number of nitrogens with zero attached hydrogens (tertiary/aromatic N) is 1. The average molecular weight is 534 g/mol. The predicted octanol–water partition coefficient (Wildman–Crippen LogP) is 7.24. The van der Waals surface area contributed by atoms with E-state index in [1.165, 1.54) is 83.9 Å². The molecule has 1 saturated carbocycles. The van der Waals surface area contributed by atoms with Crippen LogP contribution in [0.2, 0.25) is 13.3 Å². The Morgan fingerprint density at radius 2 is 1.38 bits per heavy atom. The zero-order chi connectivity index (χ0) is 21.9. The van der Waals surface area contributed by atoms with Crippen LogP contribution < -0.4 is 0 Å². The van der Waals surface area contributed by atoms with Crippen LogP contribution in [-0.4, -0.2) is 42.1 Å². The molecule has 0 aliphatic heterocycles. The molecule has 0 heterocycles. The van der Waals surface area contributed by atoms with Gasteiger partial charge in [0.15, 0.2) is 0 Å². The predicted molar refractivity (Wildman–Crippen MR) is 131 cm³/mol. The molecule has 0 aromatic heterocycles. The summed E-state index contributed by atoms with van der Waals surface area (Å²) in [6, 6.07) is 0. The summed E-state index contributed by atoms with van der Waals surface area (Å²) in [6.45, 7) is 13.0. The Morgan fingerprint density at radius 3 is 1.72 bits per heavy atom. The van der Waals surface area contributed by atoms with Gasteiger partial charge in [0, 0.05) is 0 Å². The molecule has 0 aromatic rings. The Bertz CT molecular complexity index is 464. The van der Waals surface area contributed by atoms with Crippen molar-refractivity contribution in [1.82, 2.24) is 4.31 Å². The number of hydrogen-bond acceptors (Lipinski definition) is 2. The number of amides is 1.